The Labute approximate surface area is 668 Å². The molecule has 14 heteroatoms. The molecule has 0 spiro atoms. The molecule has 0 radical (unpaired) electrons. The van der Waals surface area contributed by atoms with E-state index in [1.807, 2.05) is 66.7 Å². The van der Waals surface area contributed by atoms with Gasteiger partial charge in [0.1, 0.15) is 33.5 Å². The van der Waals surface area contributed by atoms with Crippen LogP contribution >= 0.6 is 15.9 Å². The van der Waals surface area contributed by atoms with Gasteiger partial charge in [-0.3, -0.25) is 8.80 Å². The molecule has 0 aliphatic carbocycles. The maximum Gasteiger partial charge on any atom is 0.488 e. The first-order valence-corrected chi connectivity index (χ1v) is 39.6. The number of halogens is 1. The minimum absolute atomic E-state index is 0.446. The first-order chi connectivity index (χ1) is 57.3. The molecule has 0 amide bonds. The van der Waals surface area contributed by atoms with Gasteiger partial charge in [0.25, 0.3) is 0 Å². The molecule has 0 aliphatic rings. The number of pyridine rings is 2. The second-order valence-corrected chi connectivity index (χ2v) is 30.8. The molecule has 0 fully saturated rings. The van der Waals surface area contributed by atoms with Crippen molar-refractivity contribution in [2.75, 3.05) is 0 Å². The van der Waals surface area contributed by atoms with Gasteiger partial charge in [-0.25, -0.2) is 9.97 Å². The van der Waals surface area contributed by atoms with Crippen LogP contribution in [-0.2, 0) is 0 Å². The fourth-order valence-corrected chi connectivity index (χ4v) is 19.0. The lowest BCUT2D eigenvalue weighted by Gasteiger charge is -2.16. The molecule has 0 aliphatic heterocycles. The molecular formula is C102H62BBrN8O4. The number of para-hydroxylation sites is 12. The summed E-state index contributed by atoms with van der Waals surface area (Å²) in [5.41, 5.74) is 27.3. The molecule has 12 nitrogen and oxygen atoms in total. The van der Waals surface area contributed by atoms with Crippen molar-refractivity contribution < 1.29 is 18.9 Å². The smallest absolute Gasteiger partial charge is 0.454 e. The summed E-state index contributed by atoms with van der Waals surface area (Å²) in [5, 5.41) is 36.6. The van der Waals surface area contributed by atoms with Gasteiger partial charge in [0.2, 0.25) is 0 Å². The van der Waals surface area contributed by atoms with Gasteiger partial charge in [-0.1, -0.05) is 240 Å². The van der Waals surface area contributed by atoms with Gasteiger partial charge in [-0.05, 0) is 156 Å². The van der Waals surface area contributed by atoms with E-state index in [-0.39, 0.29) is 0 Å². The van der Waals surface area contributed by atoms with Gasteiger partial charge in [-0.2, -0.15) is 0 Å². The van der Waals surface area contributed by atoms with E-state index in [1.54, 1.807) is 0 Å². The van der Waals surface area contributed by atoms with E-state index in [1.165, 1.54) is 43.6 Å². The fourth-order valence-electron chi connectivity index (χ4n) is 18.6. The molecule has 26 aromatic rings. The summed E-state index contributed by atoms with van der Waals surface area (Å²) in [6.07, 6.45) is 0. The number of imidazole rings is 2. The highest BCUT2D eigenvalue weighted by atomic mass is 79.9. The van der Waals surface area contributed by atoms with Gasteiger partial charge in [0.15, 0.2) is 11.2 Å². The Morgan fingerprint density at radius 3 is 0.879 bits per heavy atom. The van der Waals surface area contributed by atoms with E-state index in [0.717, 1.165) is 181 Å². The van der Waals surface area contributed by atoms with Gasteiger partial charge in [0, 0.05) is 103 Å². The van der Waals surface area contributed by atoms with E-state index in [2.05, 4.69) is 340 Å². The summed E-state index contributed by atoms with van der Waals surface area (Å²) in [6.45, 7) is 0. The molecule has 544 valence electrons. The Bertz CT molecular complexity index is 8170. The largest absolute Gasteiger partial charge is 0.488 e. The Balaban J connectivity index is 0.000000109. The number of hydrogen-bond donors (Lipinski definition) is 2. The van der Waals surface area contributed by atoms with Crippen LogP contribution in [0.5, 0.6) is 0 Å². The molecule has 2 N–H and O–H groups in total. The molecular weight excluding hydrogens is 1490 g/mol. The quantitative estimate of drug-likeness (QED) is 0.160. The predicted octanol–water partition coefficient (Wildman–Crippen LogP) is 25.3. The standard InChI is InChI=1S/C51H30N4O.C30H21BN2O2.C21H11BrN2O/c1-2-18-40-39(17-1)50-49(55-47-24-12-7-19-42(47)52-51(40)55)41-29-31(25-26-48(41)56-50)32-27-33(53-43-20-8-3-13-35(43)36-14-4-9-21-44(36)53)30-34(28-32)54-45-22-10-5-15-37(45)38-16-6-11-23-46(38)54;34-31(35)20-17-21(32-27-13-5-1-9-23(27)24-10-2-6-14-28(24)32)19-22(18-20)33-29-15-7-3-11-25(29)26-12-4-8-16-30(26)33;22-12-9-10-18-15(11-12)19-20(25-18)13-5-1-2-6-14(13)21-23-16-7-3-4-8-17(16)24(19)21/h1-30H;1-19,34-35H;1-11H. The van der Waals surface area contributed by atoms with Crippen LogP contribution in [0.4, 0.5) is 0 Å². The van der Waals surface area contributed by atoms with Crippen molar-refractivity contribution in [3.8, 4) is 33.9 Å². The third-order valence-electron chi connectivity index (χ3n) is 23.5. The Hall–Kier alpha value is -14.8. The summed E-state index contributed by atoms with van der Waals surface area (Å²) in [7, 11) is -1.59. The second-order valence-electron chi connectivity index (χ2n) is 29.9. The van der Waals surface area contributed by atoms with E-state index >= 15 is 0 Å². The van der Waals surface area contributed by atoms with Crippen LogP contribution < -0.4 is 5.46 Å². The van der Waals surface area contributed by atoms with Crippen molar-refractivity contribution >= 4 is 215 Å². The molecule has 0 unspecified atom stereocenters. The van der Waals surface area contributed by atoms with E-state index in [4.69, 9.17) is 18.8 Å². The number of nitrogens with zero attached hydrogens (tertiary/aromatic N) is 8. The summed E-state index contributed by atoms with van der Waals surface area (Å²) < 4.78 is 27.9. The highest BCUT2D eigenvalue weighted by molar-refractivity contribution is 9.10. The molecule has 10 heterocycles. The van der Waals surface area contributed by atoms with E-state index in [9.17, 15) is 10.0 Å². The first-order valence-electron chi connectivity index (χ1n) is 38.8. The van der Waals surface area contributed by atoms with Crippen LogP contribution in [0.2, 0.25) is 0 Å². The first kappa shape index (κ1) is 65.9. The maximum atomic E-state index is 10.3. The predicted molar refractivity (Wildman–Crippen MR) is 482 cm³/mol. The Kier molecular flexibility index (Phi) is 14.5. The number of hydrogen-bond acceptors (Lipinski definition) is 6. The molecule has 0 atom stereocenters. The maximum absolute atomic E-state index is 10.3. The SMILES string of the molecule is Brc1ccc2oc3c4ccccc4c4nc5ccccc5n4c3c2c1.OB(O)c1cc(-n2c3ccccc3c3ccccc32)cc(-n2c3ccccc3c3ccccc32)c1.c1ccc2c(c1)nc1c3ccccc3c3oc4ccc(-c5cc(-n6c7ccccc7c7ccccc76)cc(-n6c7ccccc7c7ccccc76)c5)cc4c3n21. The number of furan rings is 2. The zero-order valence-electron chi connectivity index (χ0n) is 61.9. The van der Waals surface area contributed by atoms with Crippen LogP contribution in [0, 0.1) is 0 Å². The molecule has 10 aromatic heterocycles. The number of fused-ring (bicyclic) bond motifs is 32. The lowest BCUT2D eigenvalue weighted by Crippen LogP contribution is -2.30. The van der Waals surface area contributed by atoms with E-state index in [0.29, 0.717) is 5.46 Å². The van der Waals surface area contributed by atoms with Crippen molar-refractivity contribution in [3.63, 3.8) is 0 Å². The normalized spacial score (nSPS) is 12.1. The van der Waals surface area contributed by atoms with Gasteiger partial charge in [-0.15, -0.1) is 0 Å². The number of benzene rings is 16. The van der Waals surface area contributed by atoms with Crippen molar-refractivity contribution in [1.29, 1.82) is 0 Å². The highest BCUT2D eigenvalue weighted by Crippen LogP contribution is 2.45. The number of rotatable bonds is 6. The third-order valence-corrected chi connectivity index (χ3v) is 24.0. The molecule has 116 heavy (non-hydrogen) atoms. The minimum atomic E-state index is -1.59. The van der Waals surface area contributed by atoms with Crippen molar-refractivity contribution in [2.24, 2.45) is 0 Å². The zero-order valence-corrected chi connectivity index (χ0v) is 63.5. The van der Waals surface area contributed by atoms with Crippen LogP contribution in [0.15, 0.2) is 377 Å². The lowest BCUT2D eigenvalue weighted by molar-refractivity contribution is 0.425. The van der Waals surface area contributed by atoms with Crippen molar-refractivity contribution in [3.05, 3.63) is 368 Å². The summed E-state index contributed by atoms with van der Waals surface area (Å²) in [5.74, 6) is 0. The summed E-state index contributed by atoms with van der Waals surface area (Å²) in [6, 6.07) is 127. The van der Waals surface area contributed by atoms with Gasteiger partial charge < -0.3 is 37.2 Å². The van der Waals surface area contributed by atoms with Crippen molar-refractivity contribution in [2.45, 2.75) is 0 Å². The van der Waals surface area contributed by atoms with Crippen LogP contribution in [0.3, 0.4) is 0 Å². The van der Waals surface area contributed by atoms with Gasteiger partial charge in [0.05, 0.1) is 66.2 Å². The zero-order chi connectivity index (χ0) is 76.5. The molecule has 0 saturated carbocycles. The second kappa shape index (κ2) is 25.6. The monoisotopic (exact) mass is 1550 g/mol. The van der Waals surface area contributed by atoms with Crippen LogP contribution in [-0.4, -0.2) is 54.2 Å². The molecule has 26 rings (SSSR count). The van der Waals surface area contributed by atoms with Gasteiger partial charge >= 0.3 is 7.12 Å². The minimum Gasteiger partial charge on any atom is -0.454 e. The average Bonchev–Trinajstić information content (AvgIpc) is 1.55. The highest BCUT2D eigenvalue weighted by Gasteiger charge is 2.26. The number of aromatic nitrogens is 8. The molecule has 16 aromatic carbocycles. The fraction of sp³-hybridized carbons (Fsp3) is 0. The van der Waals surface area contributed by atoms with Crippen molar-refractivity contribution in [1.82, 2.24) is 37.0 Å². The van der Waals surface area contributed by atoms with Crippen LogP contribution in [0.25, 0.3) is 220 Å². The lowest BCUT2D eigenvalue weighted by atomic mass is 9.80. The average molecular weight is 1550 g/mol. The Morgan fingerprint density at radius 1 is 0.250 bits per heavy atom. The topological polar surface area (TPSA) is 121 Å². The summed E-state index contributed by atoms with van der Waals surface area (Å²) in [4.78, 5) is 10.1. The molecule has 0 saturated heterocycles. The molecule has 0 bridgehead atoms. The van der Waals surface area contributed by atoms with E-state index < -0.39 is 7.12 Å². The van der Waals surface area contributed by atoms with Crippen LogP contribution in [0.1, 0.15) is 0 Å². The third kappa shape index (κ3) is 9.88. The summed E-state index contributed by atoms with van der Waals surface area (Å²) >= 11 is 3.59. The Morgan fingerprint density at radius 2 is 0.534 bits per heavy atom.